The monoisotopic (exact) mass is 354 g/mol. The molecular formula is C17H24BrFN2. The van der Waals surface area contributed by atoms with Crippen LogP contribution in [0.3, 0.4) is 0 Å². The van der Waals surface area contributed by atoms with Crippen molar-refractivity contribution in [2.24, 2.45) is 5.92 Å². The van der Waals surface area contributed by atoms with Crippen LogP contribution in [0.15, 0.2) is 22.7 Å². The summed E-state index contributed by atoms with van der Waals surface area (Å²) < 4.78 is 15.2. The zero-order valence-corrected chi connectivity index (χ0v) is 14.4. The maximum Gasteiger partial charge on any atom is 0.147 e. The van der Waals surface area contributed by atoms with E-state index in [1.165, 1.54) is 25.8 Å². The van der Waals surface area contributed by atoms with Crippen LogP contribution in [0.25, 0.3) is 0 Å². The Labute approximate surface area is 135 Å². The summed E-state index contributed by atoms with van der Waals surface area (Å²) in [6, 6.07) is 6.45. The summed E-state index contributed by atoms with van der Waals surface area (Å²) in [5.41, 5.74) is 0.766. The van der Waals surface area contributed by atoms with Gasteiger partial charge in [0.15, 0.2) is 0 Å². The van der Waals surface area contributed by atoms with Crippen molar-refractivity contribution in [2.75, 3.05) is 24.5 Å². The first-order valence-electron chi connectivity index (χ1n) is 8.02. The van der Waals surface area contributed by atoms with E-state index in [0.29, 0.717) is 18.0 Å². The number of piperazine rings is 1. The van der Waals surface area contributed by atoms with Crippen LogP contribution in [-0.2, 0) is 0 Å². The highest BCUT2D eigenvalue weighted by molar-refractivity contribution is 9.10. The normalized spacial score (nSPS) is 27.0. The number of rotatable bonds is 2. The molecule has 2 fully saturated rings. The highest BCUT2D eigenvalue weighted by Gasteiger charge is 2.37. The fraction of sp³-hybridized carbons (Fsp3) is 0.647. The largest absolute Gasteiger partial charge is 0.363 e. The Morgan fingerprint density at radius 2 is 2.05 bits per heavy atom. The SMILES string of the molecule is CC(C)C1CN2CCCCC2CN1c1ccc(Br)cc1F. The van der Waals surface area contributed by atoms with Gasteiger partial charge in [-0.05, 0) is 43.5 Å². The number of hydrogen-bond donors (Lipinski definition) is 0. The summed E-state index contributed by atoms with van der Waals surface area (Å²) in [7, 11) is 0. The summed E-state index contributed by atoms with van der Waals surface area (Å²) in [6.45, 7) is 7.74. The Bertz CT molecular complexity index is 506. The van der Waals surface area contributed by atoms with E-state index in [1.807, 2.05) is 12.1 Å². The van der Waals surface area contributed by atoms with Crippen molar-refractivity contribution in [1.82, 2.24) is 4.90 Å². The molecule has 4 heteroatoms. The molecule has 0 aliphatic carbocycles. The van der Waals surface area contributed by atoms with E-state index < -0.39 is 0 Å². The number of piperidine rings is 1. The van der Waals surface area contributed by atoms with Gasteiger partial charge in [-0.15, -0.1) is 0 Å². The van der Waals surface area contributed by atoms with Crippen molar-refractivity contribution in [3.8, 4) is 0 Å². The van der Waals surface area contributed by atoms with Crippen LogP contribution in [0.2, 0.25) is 0 Å². The second-order valence-electron chi connectivity index (χ2n) is 6.70. The molecule has 2 atom stereocenters. The Morgan fingerprint density at radius 1 is 1.24 bits per heavy atom. The van der Waals surface area contributed by atoms with Crippen LogP contribution in [0, 0.1) is 11.7 Å². The van der Waals surface area contributed by atoms with Gasteiger partial charge in [0.25, 0.3) is 0 Å². The number of fused-ring (bicyclic) bond motifs is 1. The van der Waals surface area contributed by atoms with Gasteiger partial charge in [0, 0.05) is 29.6 Å². The van der Waals surface area contributed by atoms with Crippen molar-refractivity contribution < 1.29 is 4.39 Å². The second kappa shape index (κ2) is 6.25. The van der Waals surface area contributed by atoms with Crippen molar-refractivity contribution in [2.45, 2.75) is 45.2 Å². The molecular weight excluding hydrogens is 331 g/mol. The smallest absolute Gasteiger partial charge is 0.147 e. The first kappa shape index (κ1) is 15.3. The Hall–Kier alpha value is -0.610. The summed E-state index contributed by atoms with van der Waals surface area (Å²) in [6.07, 6.45) is 3.87. The molecule has 0 saturated carbocycles. The van der Waals surface area contributed by atoms with Gasteiger partial charge in [0.1, 0.15) is 5.82 Å². The zero-order valence-electron chi connectivity index (χ0n) is 12.9. The molecule has 0 amide bonds. The van der Waals surface area contributed by atoms with Gasteiger partial charge in [-0.2, -0.15) is 0 Å². The first-order chi connectivity index (χ1) is 10.1. The van der Waals surface area contributed by atoms with E-state index in [1.54, 1.807) is 6.07 Å². The van der Waals surface area contributed by atoms with E-state index in [2.05, 4.69) is 39.6 Å². The van der Waals surface area contributed by atoms with Crippen LogP contribution >= 0.6 is 15.9 Å². The molecule has 116 valence electrons. The third kappa shape index (κ3) is 3.11. The third-order valence-electron chi connectivity index (χ3n) is 4.97. The molecule has 2 aliphatic rings. The lowest BCUT2D eigenvalue weighted by Gasteiger charge is -2.50. The van der Waals surface area contributed by atoms with Gasteiger partial charge in [-0.25, -0.2) is 4.39 Å². The predicted octanol–water partition coefficient (Wildman–Crippen LogP) is 4.29. The number of nitrogens with zero attached hydrogens (tertiary/aromatic N) is 2. The van der Waals surface area contributed by atoms with Gasteiger partial charge in [0.2, 0.25) is 0 Å². The molecule has 2 aliphatic heterocycles. The van der Waals surface area contributed by atoms with E-state index in [-0.39, 0.29) is 5.82 Å². The average molecular weight is 355 g/mol. The fourth-order valence-electron chi connectivity index (χ4n) is 3.77. The fourth-order valence-corrected chi connectivity index (χ4v) is 4.10. The van der Waals surface area contributed by atoms with Crippen LogP contribution in [-0.4, -0.2) is 36.6 Å². The van der Waals surface area contributed by atoms with Crippen molar-refractivity contribution >= 4 is 21.6 Å². The Morgan fingerprint density at radius 3 is 2.76 bits per heavy atom. The minimum absolute atomic E-state index is 0.112. The lowest BCUT2D eigenvalue weighted by molar-refractivity contribution is 0.100. The van der Waals surface area contributed by atoms with Crippen LogP contribution < -0.4 is 4.90 Å². The lowest BCUT2D eigenvalue weighted by atomic mass is 9.91. The Kier molecular flexibility index (Phi) is 4.55. The van der Waals surface area contributed by atoms with Crippen LogP contribution in [0.4, 0.5) is 10.1 Å². The molecule has 2 nitrogen and oxygen atoms in total. The lowest BCUT2D eigenvalue weighted by Crippen LogP contribution is -2.61. The maximum absolute atomic E-state index is 14.4. The number of halogens is 2. The minimum atomic E-state index is -0.112. The molecule has 1 aromatic carbocycles. The third-order valence-corrected chi connectivity index (χ3v) is 5.46. The molecule has 2 unspecified atom stereocenters. The minimum Gasteiger partial charge on any atom is -0.363 e. The van der Waals surface area contributed by atoms with Gasteiger partial charge in [-0.3, -0.25) is 4.90 Å². The molecule has 0 aromatic heterocycles. The first-order valence-corrected chi connectivity index (χ1v) is 8.81. The van der Waals surface area contributed by atoms with Gasteiger partial charge >= 0.3 is 0 Å². The van der Waals surface area contributed by atoms with E-state index >= 15 is 0 Å². The molecule has 1 aromatic rings. The number of anilines is 1. The second-order valence-corrected chi connectivity index (χ2v) is 7.62. The van der Waals surface area contributed by atoms with Crippen molar-refractivity contribution in [3.63, 3.8) is 0 Å². The summed E-state index contributed by atoms with van der Waals surface area (Å²) in [5, 5.41) is 0. The molecule has 2 heterocycles. The molecule has 0 bridgehead atoms. The standard InChI is InChI=1S/C17H24BrFN2/c1-12(2)17-11-20-8-4-3-5-14(20)10-21(17)16-7-6-13(18)9-15(16)19/h6-7,9,12,14,17H,3-5,8,10-11H2,1-2H3. The van der Waals surface area contributed by atoms with Crippen molar-refractivity contribution in [1.29, 1.82) is 0 Å². The average Bonchev–Trinajstić information content (AvgIpc) is 2.46. The van der Waals surface area contributed by atoms with Gasteiger partial charge in [0.05, 0.1) is 5.69 Å². The van der Waals surface area contributed by atoms with Crippen LogP contribution in [0.1, 0.15) is 33.1 Å². The summed E-state index contributed by atoms with van der Waals surface area (Å²) in [4.78, 5) is 4.94. The number of benzene rings is 1. The quantitative estimate of drug-likeness (QED) is 0.781. The highest BCUT2D eigenvalue weighted by Crippen LogP contribution is 2.33. The predicted molar refractivity (Wildman–Crippen MR) is 89.3 cm³/mol. The molecule has 3 rings (SSSR count). The molecule has 0 N–H and O–H groups in total. The number of hydrogen-bond acceptors (Lipinski definition) is 2. The maximum atomic E-state index is 14.4. The summed E-state index contributed by atoms with van der Waals surface area (Å²) >= 11 is 3.35. The van der Waals surface area contributed by atoms with E-state index in [4.69, 9.17) is 0 Å². The summed E-state index contributed by atoms with van der Waals surface area (Å²) in [5.74, 6) is 0.412. The molecule has 21 heavy (non-hydrogen) atoms. The zero-order chi connectivity index (χ0) is 15.0. The van der Waals surface area contributed by atoms with Crippen LogP contribution in [0.5, 0.6) is 0 Å². The Balaban J connectivity index is 1.90. The molecule has 0 radical (unpaired) electrons. The molecule has 2 saturated heterocycles. The highest BCUT2D eigenvalue weighted by atomic mass is 79.9. The van der Waals surface area contributed by atoms with Gasteiger partial charge < -0.3 is 4.90 Å². The van der Waals surface area contributed by atoms with Gasteiger partial charge in [-0.1, -0.05) is 36.2 Å². The van der Waals surface area contributed by atoms with Crippen molar-refractivity contribution in [3.05, 3.63) is 28.5 Å². The van der Waals surface area contributed by atoms with E-state index in [9.17, 15) is 4.39 Å². The molecule has 0 spiro atoms. The van der Waals surface area contributed by atoms with E-state index in [0.717, 1.165) is 23.2 Å². The topological polar surface area (TPSA) is 6.48 Å².